The molecule has 0 bridgehead atoms. The number of rotatable bonds is 6. The third-order valence-electron chi connectivity index (χ3n) is 4.38. The number of hydrogen-bond acceptors (Lipinski definition) is 4. The van der Waals surface area contributed by atoms with E-state index in [1.54, 1.807) is 18.3 Å². The lowest BCUT2D eigenvalue weighted by Crippen LogP contribution is -2.30. The zero-order valence-corrected chi connectivity index (χ0v) is 16.7. The van der Waals surface area contributed by atoms with E-state index < -0.39 is 6.10 Å². The van der Waals surface area contributed by atoms with E-state index in [1.807, 2.05) is 90.3 Å². The maximum absolute atomic E-state index is 12.5. The van der Waals surface area contributed by atoms with Crippen LogP contribution in [0.4, 0.5) is 5.69 Å². The lowest BCUT2D eigenvalue weighted by atomic mass is 10.1. The summed E-state index contributed by atoms with van der Waals surface area (Å²) in [6.45, 7) is 1.73. The van der Waals surface area contributed by atoms with Gasteiger partial charge in [0.1, 0.15) is 10.8 Å². The van der Waals surface area contributed by atoms with Gasteiger partial charge in [0.15, 0.2) is 6.10 Å². The van der Waals surface area contributed by atoms with Gasteiger partial charge in [-0.15, -0.1) is 11.3 Å². The summed E-state index contributed by atoms with van der Waals surface area (Å²) in [4.78, 5) is 17.2. The van der Waals surface area contributed by atoms with Crippen LogP contribution in [-0.2, 0) is 4.79 Å². The van der Waals surface area contributed by atoms with Crippen LogP contribution in [0.25, 0.3) is 21.8 Å². The number of carbonyl (C=O) groups excluding carboxylic acids is 1. The highest BCUT2D eigenvalue weighted by Crippen LogP contribution is 2.29. The summed E-state index contributed by atoms with van der Waals surface area (Å²) in [6, 6.07) is 27.1. The zero-order valence-electron chi connectivity index (χ0n) is 15.9. The molecule has 144 valence electrons. The van der Waals surface area contributed by atoms with Crippen LogP contribution in [0.5, 0.6) is 5.75 Å². The first-order valence-corrected chi connectivity index (χ1v) is 10.2. The van der Waals surface area contributed by atoms with Crippen molar-refractivity contribution in [3.05, 3.63) is 90.3 Å². The summed E-state index contributed by atoms with van der Waals surface area (Å²) < 4.78 is 5.69. The van der Waals surface area contributed by atoms with Crippen LogP contribution in [0.15, 0.2) is 90.3 Å². The predicted molar refractivity (Wildman–Crippen MR) is 118 cm³/mol. The van der Waals surface area contributed by atoms with Crippen molar-refractivity contribution in [2.75, 3.05) is 5.32 Å². The topological polar surface area (TPSA) is 51.2 Å². The van der Waals surface area contributed by atoms with Crippen LogP contribution >= 0.6 is 11.3 Å². The average Bonchev–Trinajstić information content (AvgIpc) is 3.26. The number of anilines is 1. The lowest BCUT2D eigenvalue weighted by Gasteiger charge is -2.15. The summed E-state index contributed by atoms with van der Waals surface area (Å²) in [5.74, 6) is 0.467. The second-order valence-electron chi connectivity index (χ2n) is 6.55. The maximum atomic E-state index is 12.5. The fraction of sp³-hybridized carbons (Fsp3) is 0.0833. The number of carbonyl (C=O) groups is 1. The predicted octanol–water partition coefficient (Wildman–Crippen LogP) is 5.88. The van der Waals surface area contributed by atoms with Crippen molar-refractivity contribution >= 4 is 22.9 Å². The molecule has 0 aliphatic rings. The van der Waals surface area contributed by atoms with Gasteiger partial charge in [-0.1, -0.05) is 60.7 Å². The Morgan fingerprint density at radius 3 is 2.38 bits per heavy atom. The molecule has 4 nitrogen and oxygen atoms in total. The molecule has 0 aliphatic heterocycles. The number of nitrogens with zero attached hydrogens (tertiary/aromatic N) is 1. The third-order valence-corrected chi connectivity index (χ3v) is 5.27. The van der Waals surface area contributed by atoms with E-state index in [2.05, 4.69) is 5.32 Å². The molecule has 1 N–H and O–H groups in total. The minimum Gasteiger partial charge on any atom is -0.481 e. The Kier molecular flexibility index (Phi) is 5.68. The molecule has 0 radical (unpaired) electrons. The largest absolute Gasteiger partial charge is 0.481 e. The van der Waals surface area contributed by atoms with Crippen LogP contribution in [0.1, 0.15) is 6.92 Å². The molecular weight excluding hydrogens is 380 g/mol. The molecule has 0 unspecified atom stereocenters. The summed E-state index contributed by atoms with van der Waals surface area (Å²) in [5.41, 5.74) is 3.65. The van der Waals surface area contributed by atoms with E-state index >= 15 is 0 Å². The lowest BCUT2D eigenvalue weighted by molar-refractivity contribution is -0.122. The van der Waals surface area contributed by atoms with Crippen LogP contribution in [0.3, 0.4) is 0 Å². The average molecular weight is 401 g/mol. The van der Waals surface area contributed by atoms with Crippen molar-refractivity contribution in [2.24, 2.45) is 0 Å². The number of hydrogen-bond donors (Lipinski definition) is 1. The van der Waals surface area contributed by atoms with Crippen molar-refractivity contribution < 1.29 is 9.53 Å². The first kappa shape index (κ1) is 18.9. The second-order valence-corrected chi connectivity index (χ2v) is 7.41. The van der Waals surface area contributed by atoms with Crippen molar-refractivity contribution in [1.82, 2.24) is 4.98 Å². The molecule has 29 heavy (non-hydrogen) atoms. The number of ether oxygens (including phenoxy) is 1. The molecule has 1 atom stereocenters. The van der Waals surface area contributed by atoms with Crippen molar-refractivity contribution in [2.45, 2.75) is 13.0 Å². The molecule has 0 aliphatic carbocycles. The Labute approximate surface area is 173 Å². The van der Waals surface area contributed by atoms with Gasteiger partial charge in [-0.2, -0.15) is 0 Å². The van der Waals surface area contributed by atoms with Gasteiger partial charge in [0.05, 0.1) is 5.69 Å². The molecule has 1 aromatic heterocycles. The van der Waals surface area contributed by atoms with Gasteiger partial charge in [-0.3, -0.25) is 4.79 Å². The molecule has 1 heterocycles. The first-order valence-electron chi connectivity index (χ1n) is 9.33. The third kappa shape index (κ3) is 4.70. The molecule has 0 fully saturated rings. The van der Waals surface area contributed by atoms with Crippen LogP contribution in [-0.4, -0.2) is 17.0 Å². The Hall–Kier alpha value is -3.44. The molecule has 0 spiro atoms. The Morgan fingerprint density at radius 2 is 1.62 bits per heavy atom. The first-order chi connectivity index (χ1) is 14.2. The highest BCUT2D eigenvalue weighted by atomic mass is 32.1. The monoisotopic (exact) mass is 400 g/mol. The molecular formula is C24H20N2O2S. The van der Waals surface area contributed by atoms with Gasteiger partial charge in [0.25, 0.3) is 5.91 Å². The Balaban J connectivity index is 1.46. The Morgan fingerprint density at radius 1 is 0.931 bits per heavy atom. The highest BCUT2D eigenvalue weighted by Gasteiger charge is 2.15. The summed E-state index contributed by atoms with van der Waals surface area (Å²) >= 11 is 1.60. The summed E-state index contributed by atoms with van der Waals surface area (Å²) in [5, 5.41) is 5.93. The molecule has 1 amide bonds. The van der Waals surface area contributed by atoms with E-state index in [4.69, 9.17) is 9.72 Å². The van der Waals surface area contributed by atoms with Gasteiger partial charge >= 0.3 is 0 Å². The SMILES string of the molecule is C[C@H](Oc1ccccc1)C(=O)Nc1cccc(-c2csc(-c3ccccc3)n2)c1. The minimum absolute atomic E-state index is 0.200. The van der Waals surface area contributed by atoms with Crippen molar-refractivity contribution in [1.29, 1.82) is 0 Å². The smallest absolute Gasteiger partial charge is 0.265 e. The number of thiazole rings is 1. The quantitative estimate of drug-likeness (QED) is 0.439. The van der Waals surface area contributed by atoms with Crippen molar-refractivity contribution in [3.8, 4) is 27.6 Å². The van der Waals surface area contributed by atoms with E-state index in [-0.39, 0.29) is 5.91 Å². The van der Waals surface area contributed by atoms with E-state index in [0.29, 0.717) is 11.4 Å². The second kappa shape index (κ2) is 8.71. The van der Waals surface area contributed by atoms with Crippen LogP contribution in [0, 0.1) is 0 Å². The molecule has 3 aromatic carbocycles. The molecule has 5 heteroatoms. The number of amides is 1. The maximum Gasteiger partial charge on any atom is 0.265 e. The molecule has 0 saturated heterocycles. The van der Waals surface area contributed by atoms with Gasteiger partial charge in [-0.25, -0.2) is 4.98 Å². The van der Waals surface area contributed by atoms with Gasteiger partial charge in [0, 0.05) is 22.2 Å². The number of aromatic nitrogens is 1. The number of nitrogens with one attached hydrogen (secondary N) is 1. The normalized spacial score (nSPS) is 11.6. The molecule has 4 rings (SSSR count). The highest BCUT2D eigenvalue weighted by molar-refractivity contribution is 7.13. The summed E-state index contributed by atoms with van der Waals surface area (Å²) in [6.07, 6.45) is -0.606. The molecule has 0 saturated carbocycles. The van der Waals surface area contributed by atoms with Crippen LogP contribution < -0.4 is 10.1 Å². The zero-order chi connectivity index (χ0) is 20.1. The van der Waals surface area contributed by atoms with Gasteiger partial charge in [-0.05, 0) is 31.2 Å². The minimum atomic E-state index is -0.606. The molecule has 4 aromatic rings. The summed E-state index contributed by atoms with van der Waals surface area (Å²) in [7, 11) is 0. The number of para-hydroxylation sites is 1. The van der Waals surface area contributed by atoms with E-state index in [9.17, 15) is 4.79 Å². The Bertz CT molecular complexity index is 1090. The van der Waals surface area contributed by atoms with Gasteiger partial charge < -0.3 is 10.1 Å². The fourth-order valence-electron chi connectivity index (χ4n) is 2.88. The van der Waals surface area contributed by atoms with Gasteiger partial charge in [0.2, 0.25) is 0 Å². The van der Waals surface area contributed by atoms with E-state index in [1.165, 1.54) is 0 Å². The fourth-order valence-corrected chi connectivity index (χ4v) is 3.71. The van der Waals surface area contributed by atoms with E-state index in [0.717, 1.165) is 21.8 Å². The standard InChI is InChI=1S/C24H20N2O2S/c1-17(28-21-13-6-3-7-14-21)23(27)25-20-12-8-11-19(15-20)22-16-29-24(26-22)18-9-4-2-5-10-18/h2-17H,1H3,(H,25,27)/t17-/m0/s1. The van der Waals surface area contributed by atoms with Crippen molar-refractivity contribution in [3.63, 3.8) is 0 Å². The number of benzene rings is 3. The van der Waals surface area contributed by atoms with Crippen LogP contribution in [0.2, 0.25) is 0 Å².